The Morgan fingerprint density at radius 2 is 2.14 bits per heavy atom. The average molecular weight is 373 g/mol. The van der Waals surface area contributed by atoms with Crippen molar-refractivity contribution in [1.29, 1.82) is 0 Å². The molecule has 8 nitrogen and oxygen atoms in total. The Labute approximate surface area is 134 Å². The number of carbonyl (C=O) groups is 2. The minimum Gasteiger partial charge on any atom is -0.495 e. The van der Waals surface area contributed by atoms with E-state index in [1.807, 2.05) is 0 Å². The first-order valence-electron chi connectivity index (χ1n) is 6.29. The van der Waals surface area contributed by atoms with Gasteiger partial charge in [0, 0.05) is 25.1 Å². The number of hydrogen-bond acceptors (Lipinski definition) is 6. The molecule has 1 aliphatic heterocycles. The smallest absolute Gasteiger partial charge is 0.311 e. The van der Waals surface area contributed by atoms with E-state index in [0.717, 1.165) is 0 Å². The minimum absolute atomic E-state index is 0.0388. The van der Waals surface area contributed by atoms with Gasteiger partial charge in [0.2, 0.25) is 5.91 Å². The van der Waals surface area contributed by atoms with Crippen molar-refractivity contribution in [3.63, 3.8) is 0 Å². The molecule has 0 bridgehead atoms. The predicted molar refractivity (Wildman–Crippen MR) is 79.8 cm³/mol. The lowest BCUT2D eigenvalue weighted by Gasteiger charge is -2.17. The molecular formula is C13H13BrN2O6. The van der Waals surface area contributed by atoms with E-state index >= 15 is 0 Å². The molecule has 1 heterocycles. The van der Waals surface area contributed by atoms with E-state index < -0.39 is 16.8 Å². The van der Waals surface area contributed by atoms with Crippen LogP contribution in [0.2, 0.25) is 0 Å². The van der Waals surface area contributed by atoms with Crippen LogP contribution in [-0.4, -0.2) is 37.6 Å². The second-order valence-electron chi connectivity index (χ2n) is 4.66. The fraction of sp³-hybridized carbons (Fsp3) is 0.385. The topological polar surface area (TPSA) is 99.0 Å². The number of nitro benzene ring substituents is 1. The summed E-state index contributed by atoms with van der Waals surface area (Å²) in [4.78, 5) is 35.5. The van der Waals surface area contributed by atoms with E-state index in [-0.39, 0.29) is 30.2 Å². The van der Waals surface area contributed by atoms with E-state index in [1.165, 1.54) is 31.3 Å². The number of esters is 1. The Balaban J connectivity index is 2.45. The Bertz CT molecular complexity index is 648. The molecule has 1 unspecified atom stereocenters. The molecule has 2 rings (SSSR count). The van der Waals surface area contributed by atoms with Crippen LogP contribution in [0.15, 0.2) is 16.6 Å². The van der Waals surface area contributed by atoms with Crippen LogP contribution in [-0.2, 0) is 14.3 Å². The lowest BCUT2D eigenvalue weighted by molar-refractivity contribution is -0.384. The maximum atomic E-state index is 12.1. The highest BCUT2D eigenvalue weighted by molar-refractivity contribution is 9.10. The van der Waals surface area contributed by atoms with Crippen molar-refractivity contribution in [1.82, 2.24) is 0 Å². The van der Waals surface area contributed by atoms with Gasteiger partial charge in [-0.1, -0.05) is 0 Å². The van der Waals surface area contributed by atoms with E-state index in [1.54, 1.807) is 0 Å². The van der Waals surface area contributed by atoms with Gasteiger partial charge < -0.3 is 14.4 Å². The number of carbonyl (C=O) groups excluding carboxylic acids is 2. The number of rotatable bonds is 4. The summed E-state index contributed by atoms with van der Waals surface area (Å²) < 4.78 is 10.1. The van der Waals surface area contributed by atoms with E-state index in [0.29, 0.717) is 10.2 Å². The molecule has 1 aromatic rings. The van der Waals surface area contributed by atoms with Crippen LogP contribution in [0, 0.1) is 16.0 Å². The van der Waals surface area contributed by atoms with Crippen LogP contribution >= 0.6 is 15.9 Å². The zero-order chi connectivity index (χ0) is 16.4. The van der Waals surface area contributed by atoms with Gasteiger partial charge in [-0.05, 0) is 15.9 Å². The van der Waals surface area contributed by atoms with Crippen molar-refractivity contribution in [2.24, 2.45) is 5.92 Å². The van der Waals surface area contributed by atoms with Crippen molar-refractivity contribution in [3.05, 3.63) is 26.7 Å². The average Bonchev–Trinajstić information content (AvgIpc) is 2.87. The van der Waals surface area contributed by atoms with Gasteiger partial charge in [0.05, 0.1) is 29.5 Å². The summed E-state index contributed by atoms with van der Waals surface area (Å²) in [5.41, 5.74) is -0.145. The highest BCUT2D eigenvalue weighted by Gasteiger charge is 2.38. The number of nitrogens with zero attached hydrogens (tertiary/aromatic N) is 2. The summed E-state index contributed by atoms with van der Waals surface area (Å²) in [7, 11) is 2.65. The van der Waals surface area contributed by atoms with E-state index in [2.05, 4.69) is 20.7 Å². The van der Waals surface area contributed by atoms with Gasteiger partial charge >= 0.3 is 5.97 Å². The van der Waals surface area contributed by atoms with Gasteiger partial charge in [0.25, 0.3) is 5.69 Å². The SMILES string of the molecule is COC(=O)C1CC(=O)N(c2cc(OC)c(Br)cc2[N+](=O)[O-])C1. The van der Waals surface area contributed by atoms with Gasteiger partial charge in [-0.15, -0.1) is 0 Å². The molecule has 22 heavy (non-hydrogen) atoms. The number of anilines is 1. The standard InChI is InChI=1S/C13H13BrN2O6/c1-21-11-5-9(10(16(19)20)4-8(11)14)15-6-7(3-12(15)17)13(18)22-2/h4-5,7H,3,6H2,1-2H3. The maximum absolute atomic E-state index is 12.1. The number of methoxy groups -OCH3 is 2. The highest BCUT2D eigenvalue weighted by Crippen LogP contribution is 2.40. The number of halogens is 1. The first-order valence-corrected chi connectivity index (χ1v) is 7.08. The molecule has 1 aromatic carbocycles. The van der Waals surface area contributed by atoms with Gasteiger partial charge in [0.1, 0.15) is 11.4 Å². The zero-order valence-corrected chi connectivity index (χ0v) is 13.5. The molecule has 1 fully saturated rings. The van der Waals surface area contributed by atoms with Crippen molar-refractivity contribution in [2.75, 3.05) is 25.7 Å². The predicted octanol–water partition coefficient (Wildman–Crippen LogP) is 1.89. The third-order valence-electron chi connectivity index (χ3n) is 3.40. The summed E-state index contributed by atoms with van der Waals surface area (Å²) in [6, 6.07) is 2.67. The van der Waals surface area contributed by atoms with E-state index in [9.17, 15) is 19.7 Å². The third kappa shape index (κ3) is 2.89. The van der Waals surface area contributed by atoms with Gasteiger partial charge in [-0.25, -0.2) is 0 Å². The van der Waals surface area contributed by atoms with Gasteiger partial charge in [-0.2, -0.15) is 0 Å². The fourth-order valence-electron chi connectivity index (χ4n) is 2.32. The number of amides is 1. The molecule has 0 aliphatic carbocycles. The molecular weight excluding hydrogens is 360 g/mol. The fourth-order valence-corrected chi connectivity index (χ4v) is 2.81. The Hall–Kier alpha value is -2.16. The van der Waals surface area contributed by atoms with Crippen LogP contribution in [0.25, 0.3) is 0 Å². The quantitative estimate of drug-likeness (QED) is 0.454. The second-order valence-corrected chi connectivity index (χ2v) is 5.52. The van der Waals surface area contributed by atoms with Crippen LogP contribution < -0.4 is 9.64 Å². The molecule has 1 saturated heterocycles. The zero-order valence-electron chi connectivity index (χ0n) is 11.9. The summed E-state index contributed by atoms with van der Waals surface area (Å²) in [6.07, 6.45) is -0.0395. The first kappa shape index (κ1) is 16.2. The van der Waals surface area contributed by atoms with Crippen LogP contribution in [0.1, 0.15) is 6.42 Å². The molecule has 0 spiro atoms. The lowest BCUT2D eigenvalue weighted by atomic mass is 10.1. The van der Waals surface area contributed by atoms with Crippen molar-refractivity contribution in [3.8, 4) is 5.75 Å². The number of benzene rings is 1. The Morgan fingerprint density at radius 3 is 2.68 bits per heavy atom. The largest absolute Gasteiger partial charge is 0.495 e. The normalized spacial score (nSPS) is 17.5. The lowest BCUT2D eigenvalue weighted by Crippen LogP contribution is -2.27. The third-order valence-corrected chi connectivity index (χ3v) is 4.02. The molecule has 0 saturated carbocycles. The van der Waals surface area contributed by atoms with Crippen molar-refractivity contribution in [2.45, 2.75) is 6.42 Å². The Morgan fingerprint density at radius 1 is 1.45 bits per heavy atom. The molecule has 0 N–H and O–H groups in total. The summed E-state index contributed by atoms with van der Waals surface area (Å²) in [6.45, 7) is 0.0388. The molecule has 0 aromatic heterocycles. The minimum atomic E-state index is -0.633. The summed E-state index contributed by atoms with van der Waals surface area (Å²) in [5, 5.41) is 11.2. The summed E-state index contributed by atoms with van der Waals surface area (Å²) in [5.74, 6) is -1.16. The monoisotopic (exact) mass is 372 g/mol. The van der Waals surface area contributed by atoms with Crippen LogP contribution in [0.3, 0.4) is 0 Å². The van der Waals surface area contributed by atoms with Crippen LogP contribution in [0.5, 0.6) is 5.75 Å². The van der Waals surface area contributed by atoms with E-state index in [4.69, 9.17) is 4.74 Å². The molecule has 1 atom stereocenters. The van der Waals surface area contributed by atoms with Crippen molar-refractivity contribution >= 4 is 39.2 Å². The molecule has 1 amide bonds. The van der Waals surface area contributed by atoms with Crippen LogP contribution in [0.4, 0.5) is 11.4 Å². The Kier molecular flexibility index (Phi) is 4.65. The van der Waals surface area contributed by atoms with Crippen molar-refractivity contribution < 1.29 is 24.0 Å². The number of hydrogen-bond donors (Lipinski definition) is 0. The molecule has 0 radical (unpaired) electrons. The number of ether oxygens (including phenoxy) is 2. The first-order chi connectivity index (χ1) is 10.4. The maximum Gasteiger partial charge on any atom is 0.311 e. The number of nitro groups is 1. The second kappa shape index (κ2) is 6.30. The molecule has 1 aliphatic rings. The molecule has 118 valence electrons. The van der Waals surface area contributed by atoms with Gasteiger partial charge in [0.15, 0.2) is 0 Å². The molecule has 9 heteroatoms. The highest BCUT2D eigenvalue weighted by atomic mass is 79.9. The van der Waals surface area contributed by atoms with Gasteiger partial charge in [-0.3, -0.25) is 19.7 Å². The summed E-state index contributed by atoms with van der Waals surface area (Å²) >= 11 is 3.17.